The SMILES string of the molecule is CCO[C@@H]1C[C@@H]2CN(C(=O)[C@@H](NC(=O)[C@@H](C)CN(C(=O)O)C(C)(C)C)c3ccc(F)cc3)[C@H](C(=O)N[C@@H]3CCOc4ccccc43)CN2C1. The van der Waals surface area contributed by atoms with Crippen molar-refractivity contribution >= 4 is 23.8 Å². The molecule has 0 aromatic heterocycles. The number of fused-ring (bicyclic) bond motifs is 2. The highest BCUT2D eigenvalue weighted by molar-refractivity contribution is 5.94. The van der Waals surface area contributed by atoms with Gasteiger partial charge in [0.15, 0.2) is 0 Å². The molecule has 0 aliphatic carbocycles. The molecule has 0 saturated carbocycles. The van der Waals surface area contributed by atoms with Crippen LogP contribution >= 0.6 is 0 Å². The van der Waals surface area contributed by atoms with Crippen LogP contribution in [0.1, 0.15) is 70.7 Å². The maximum absolute atomic E-state index is 14.7. The molecule has 0 bridgehead atoms. The fraction of sp³-hybridized carbons (Fsp3) is 0.556. The number of halogens is 1. The van der Waals surface area contributed by atoms with Crippen LogP contribution in [0.5, 0.6) is 5.75 Å². The number of piperazine rings is 1. The number of rotatable bonds is 10. The van der Waals surface area contributed by atoms with E-state index in [1.165, 1.54) is 34.1 Å². The van der Waals surface area contributed by atoms with E-state index in [1.807, 2.05) is 31.2 Å². The second kappa shape index (κ2) is 15.1. The van der Waals surface area contributed by atoms with Crippen LogP contribution in [0.4, 0.5) is 9.18 Å². The summed E-state index contributed by atoms with van der Waals surface area (Å²) >= 11 is 0. The Morgan fingerprint density at radius 3 is 2.47 bits per heavy atom. The fourth-order valence-electron chi connectivity index (χ4n) is 7.00. The standard InChI is InChI=1S/C36H48FN5O7/c1-6-48-26-17-25-19-41(29(21-40(25)20-26)33(44)38-28-15-16-49-30-10-8-7-9-27(28)30)34(45)31(23-11-13-24(37)14-12-23)39-32(43)22(2)18-42(35(46)47)36(3,4)5/h7-14,22,25-26,28-29,31H,6,15-21H2,1-5H3,(H,38,44)(H,39,43)(H,46,47)/t22-,25+,26+,28+,29-,31-/m0/s1. The first kappa shape index (κ1) is 36.1. The zero-order valence-corrected chi connectivity index (χ0v) is 28.9. The molecule has 0 radical (unpaired) electrons. The van der Waals surface area contributed by atoms with Gasteiger partial charge >= 0.3 is 6.09 Å². The molecule has 2 aromatic carbocycles. The lowest BCUT2D eigenvalue weighted by atomic mass is 9.97. The van der Waals surface area contributed by atoms with Crippen molar-refractivity contribution < 1.29 is 38.1 Å². The predicted molar refractivity (Wildman–Crippen MR) is 179 cm³/mol. The molecule has 3 aliphatic heterocycles. The summed E-state index contributed by atoms with van der Waals surface area (Å²) in [7, 11) is 0. The number of carbonyl (C=O) groups excluding carboxylic acids is 3. The van der Waals surface area contributed by atoms with E-state index >= 15 is 0 Å². The molecule has 13 heteroatoms. The zero-order chi connectivity index (χ0) is 35.5. The summed E-state index contributed by atoms with van der Waals surface area (Å²) in [5, 5.41) is 15.8. The number of para-hydroxylation sites is 1. The normalized spacial score (nSPS) is 23.3. The lowest BCUT2D eigenvalue weighted by Crippen LogP contribution is -2.64. The van der Waals surface area contributed by atoms with Crippen molar-refractivity contribution in [2.24, 2.45) is 5.92 Å². The molecular formula is C36H48FN5O7. The Hall–Kier alpha value is -4.23. The number of carboxylic acid groups (broad SMARTS) is 1. The third kappa shape index (κ3) is 8.33. The molecule has 5 rings (SSSR count). The van der Waals surface area contributed by atoms with Gasteiger partial charge < -0.3 is 35.0 Å². The molecule has 12 nitrogen and oxygen atoms in total. The number of hydrogen-bond acceptors (Lipinski definition) is 7. The Balaban J connectivity index is 1.43. The molecule has 266 valence electrons. The molecule has 2 saturated heterocycles. The highest BCUT2D eigenvalue weighted by Crippen LogP contribution is 2.33. The number of benzene rings is 2. The van der Waals surface area contributed by atoms with Crippen molar-refractivity contribution in [2.75, 3.05) is 39.4 Å². The minimum atomic E-state index is -1.25. The first-order valence-electron chi connectivity index (χ1n) is 17.0. The van der Waals surface area contributed by atoms with E-state index in [2.05, 4.69) is 15.5 Å². The van der Waals surface area contributed by atoms with Gasteiger partial charge in [-0.25, -0.2) is 9.18 Å². The fourth-order valence-corrected chi connectivity index (χ4v) is 7.00. The van der Waals surface area contributed by atoms with Crippen LogP contribution in [0.2, 0.25) is 0 Å². The second-order valence-electron chi connectivity index (χ2n) is 14.1. The van der Waals surface area contributed by atoms with Gasteiger partial charge in [0.05, 0.1) is 24.7 Å². The Morgan fingerprint density at radius 1 is 1.08 bits per heavy atom. The monoisotopic (exact) mass is 681 g/mol. The van der Waals surface area contributed by atoms with Crippen molar-refractivity contribution in [1.82, 2.24) is 25.3 Å². The molecule has 6 atom stereocenters. The van der Waals surface area contributed by atoms with E-state index in [-0.39, 0.29) is 43.7 Å². The summed E-state index contributed by atoms with van der Waals surface area (Å²) in [5.41, 5.74) is 0.442. The second-order valence-corrected chi connectivity index (χ2v) is 14.1. The van der Waals surface area contributed by atoms with Gasteiger partial charge in [-0.3, -0.25) is 19.3 Å². The van der Waals surface area contributed by atoms with E-state index in [1.54, 1.807) is 27.7 Å². The summed E-state index contributed by atoms with van der Waals surface area (Å²) in [5.74, 6) is -2.01. The summed E-state index contributed by atoms with van der Waals surface area (Å²) < 4.78 is 25.8. The third-order valence-electron chi connectivity index (χ3n) is 9.63. The number of nitrogens with one attached hydrogen (secondary N) is 2. The van der Waals surface area contributed by atoms with Gasteiger partial charge in [0.1, 0.15) is 23.7 Å². The summed E-state index contributed by atoms with van der Waals surface area (Å²) in [6.45, 7) is 10.7. The topological polar surface area (TPSA) is 141 Å². The average molecular weight is 682 g/mol. The number of hydrogen-bond donors (Lipinski definition) is 3. The molecule has 4 amide bonds. The minimum Gasteiger partial charge on any atom is -0.493 e. The van der Waals surface area contributed by atoms with Crippen LogP contribution in [0.25, 0.3) is 0 Å². The minimum absolute atomic E-state index is 0.0374. The van der Waals surface area contributed by atoms with Crippen LogP contribution in [-0.4, -0.2) is 107 Å². The van der Waals surface area contributed by atoms with Gasteiger partial charge in [0, 0.05) is 56.4 Å². The predicted octanol–water partition coefficient (Wildman–Crippen LogP) is 3.73. The molecule has 2 fully saturated rings. The first-order valence-corrected chi connectivity index (χ1v) is 17.0. The molecule has 0 spiro atoms. The Labute approximate surface area is 286 Å². The van der Waals surface area contributed by atoms with E-state index in [0.29, 0.717) is 43.9 Å². The molecular weight excluding hydrogens is 633 g/mol. The van der Waals surface area contributed by atoms with Crippen molar-refractivity contribution in [3.63, 3.8) is 0 Å². The first-order chi connectivity index (χ1) is 23.3. The largest absolute Gasteiger partial charge is 0.493 e. The Morgan fingerprint density at radius 2 is 1.80 bits per heavy atom. The number of amides is 4. The van der Waals surface area contributed by atoms with Crippen LogP contribution in [0.3, 0.4) is 0 Å². The molecule has 49 heavy (non-hydrogen) atoms. The maximum Gasteiger partial charge on any atom is 0.407 e. The summed E-state index contributed by atoms with van der Waals surface area (Å²) in [6.07, 6.45) is 0.0431. The maximum atomic E-state index is 14.7. The lowest BCUT2D eigenvalue weighted by molar-refractivity contribution is -0.148. The molecule has 3 N–H and O–H groups in total. The zero-order valence-electron chi connectivity index (χ0n) is 28.9. The van der Waals surface area contributed by atoms with E-state index < -0.39 is 47.3 Å². The van der Waals surface area contributed by atoms with Gasteiger partial charge in [0.25, 0.3) is 5.91 Å². The Kier molecular flexibility index (Phi) is 11.1. The van der Waals surface area contributed by atoms with Crippen LogP contribution < -0.4 is 15.4 Å². The number of ether oxygens (including phenoxy) is 2. The van der Waals surface area contributed by atoms with Crippen LogP contribution in [0, 0.1) is 11.7 Å². The smallest absolute Gasteiger partial charge is 0.407 e. The van der Waals surface area contributed by atoms with Gasteiger partial charge in [0.2, 0.25) is 11.8 Å². The average Bonchev–Trinajstić information content (AvgIpc) is 3.46. The quantitative estimate of drug-likeness (QED) is 0.345. The van der Waals surface area contributed by atoms with E-state index in [0.717, 1.165) is 5.56 Å². The highest BCUT2D eigenvalue weighted by atomic mass is 19.1. The van der Waals surface area contributed by atoms with Gasteiger partial charge in [-0.2, -0.15) is 0 Å². The van der Waals surface area contributed by atoms with Crippen LogP contribution in [0.15, 0.2) is 48.5 Å². The van der Waals surface area contributed by atoms with Gasteiger partial charge in [-0.15, -0.1) is 0 Å². The number of nitrogens with zero attached hydrogens (tertiary/aromatic N) is 3. The van der Waals surface area contributed by atoms with Gasteiger partial charge in [-0.1, -0.05) is 37.3 Å². The van der Waals surface area contributed by atoms with Crippen molar-refractivity contribution in [3.05, 3.63) is 65.5 Å². The van der Waals surface area contributed by atoms with Crippen molar-refractivity contribution in [1.29, 1.82) is 0 Å². The Bertz CT molecular complexity index is 1520. The molecule has 0 unspecified atom stereocenters. The van der Waals surface area contributed by atoms with Crippen molar-refractivity contribution in [3.8, 4) is 5.75 Å². The summed E-state index contributed by atoms with van der Waals surface area (Å²) in [6, 6.07) is 10.3. The molecule has 3 aliphatic rings. The van der Waals surface area contributed by atoms with Crippen molar-refractivity contribution in [2.45, 2.75) is 83.3 Å². The van der Waals surface area contributed by atoms with Gasteiger partial charge in [-0.05, 0) is 57.9 Å². The highest BCUT2D eigenvalue weighted by Gasteiger charge is 2.47. The summed E-state index contributed by atoms with van der Waals surface area (Å²) in [4.78, 5) is 59.5. The molecule has 3 heterocycles. The third-order valence-corrected chi connectivity index (χ3v) is 9.63. The lowest BCUT2D eigenvalue weighted by Gasteiger charge is -2.44. The number of carbonyl (C=O) groups is 4. The van der Waals surface area contributed by atoms with E-state index in [9.17, 15) is 28.7 Å². The van der Waals surface area contributed by atoms with E-state index in [4.69, 9.17) is 9.47 Å². The van der Waals surface area contributed by atoms with Crippen LogP contribution in [-0.2, 0) is 19.1 Å². The molecule has 2 aromatic rings.